The smallest absolute Gasteiger partial charge is 0.340 e. The summed E-state index contributed by atoms with van der Waals surface area (Å²) in [5.74, 6) is 0.184. The van der Waals surface area contributed by atoms with Crippen LogP contribution >= 0.6 is 0 Å². The molecule has 2 N–H and O–H groups in total. The first kappa shape index (κ1) is 22.0. The average Bonchev–Trinajstić information content (AvgIpc) is 3.11. The first-order valence-electron chi connectivity index (χ1n) is 10.2. The molecule has 2 heterocycles. The van der Waals surface area contributed by atoms with Crippen LogP contribution in [0.3, 0.4) is 0 Å². The van der Waals surface area contributed by atoms with Crippen molar-refractivity contribution in [2.45, 2.75) is 25.7 Å². The van der Waals surface area contributed by atoms with Crippen LogP contribution in [0.4, 0.5) is 10.5 Å². The summed E-state index contributed by atoms with van der Waals surface area (Å²) in [6.45, 7) is 3.24. The Morgan fingerprint density at radius 1 is 1.07 bits per heavy atom. The van der Waals surface area contributed by atoms with Gasteiger partial charge < -0.3 is 34.5 Å². The number of esters is 1. The van der Waals surface area contributed by atoms with E-state index in [0.717, 1.165) is 38.8 Å². The predicted octanol–water partition coefficient (Wildman–Crippen LogP) is 2.50. The molecule has 1 unspecified atom stereocenters. The molecule has 0 radical (unpaired) electrons. The molecule has 2 fully saturated rings. The van der Waals surface area contributed by atoms with E-state index in [1.54, 1.807) is 0 Å². The fourth-order valence-corrected chi connectivity index (χ4v) is 4.42. The maximum atomic E-state index is 13.3. The van der Waals surface area contributed by atoms with Crippen LogP contribution in [0.15, 0.2) is 6.07 Å². The number of nitrogens with one attached hydrogen (secondary N) is 2. The van der Waals surface area contributed by atoms with Gasteiger partial charge in [-0.15, -0.1) is 0 Å². The lowest BCUT2D eigenvalue weighted by molar-refractivity contribution is 0.0601. The van der Waals surface area contributed by atoms with Crippen LogP contribution in [0.5, 0.6) is 17.2 Å². The van der Waals surface area contributed by atoms with E-state index in [-0.39, 0.29) is 34.2 Å². The summed E-state index contributed by atoms with van der Waals surface area (Å²) in [6, 6.07) is 1.20. The third-order valence-electron chi connectivity index (χ3n) is 6.00. The average molecular weight is 421 g/mol. The van der Waals surface area contributed by atoms with E-state index in [4.69, 9.17) is 18.9 Å². The second-order valence-corrected chi connectivity index (χ2v) is 7.80. The monoisotopic (exact) mass is 421 g/mol. The van der Waals surface area contributed by atoms with Crippen LogP contribution in [0.1, 0.15) is 36.0 Å². The van der Waals surface area contributed by atoms with Gasteiger partial charge in [-0.05, 0) is 25.8 Å². The number of likely N-dealkylation sites (tertiary alicyclic amines) is 1. The third kappa shape index (κ3) is 4.26. The molecule has 2 aliphatic heterocycles. The van der Waals surface area contributed by atoms with Gasteiger partial charge in [-0.25, -0.2) is 9.59 Å². The first-order valence-corrected chi connectivity index (χ1v) is 10.2. The van der Waals surface area contributed by atoms with Crippen LogP contribution in [0.2, 0.25) is 0 Å². The lowest BCUT2D eigenvalue weighted by atomic mass is 9.82. The molecule has 166 valence electrons. The van der Waals surface area contributed by atoms with Crippen molar-refractivity contribution in [2.75, 3.05) is 59.9 Å². The third-order valence-corrected chi connectivity index (χ3v) is 6.00. The standard InChI is InChI=1S/C21H31N3O6/c1-27-15-11-14(19(25)30-4)16(18(29-3)17(15)28-2)23-20(26)24-10-6-5-7-21(13-24)8-9-22-12-21/h11,22H,5-10,12-13H2,1-4H3,(H,23,26). The Morgan fingerprint density at radius 3 is 2.43 bits per heavy atom. The Balaban J connectivity index is 1.95. The molecule has 30 heavy (non-hydrogen) atoms. The number of nitrogens with zero attached hydrogens (tertiary/aromatic N) is 1. The van der Waals surface area contributed by atoms with Crippen molar-refractivity contribution in [3.63, 3.8) is 0 Å². The van der Waals surface area contributed by atoms with Crippen molar-refractivity contribution in [2.24, 2.45) is 5.41 Å². The zero-order valence-electron chi connectivity index (χ0n) is 18.1. The van der Waals surface area contributed by atoms with Crippen LogP contribution in [0, 0.1) is 5.41 Å². The Labute approximate surface area is 177 Å². The SMILES string of the molecule is COC(=O)c1cc(OC)c(OC)c(OC)c1NC(=O)N1CCCCC2(CCNC2)C1. The van der Waals surface area contributed by atoms with Crippen molar-refractivity contribution in [1.29, 1.82) is 0 Å². The molecule has 0 saturated carbocycles. The largest absolute Gasteiger partial charge is 0.493 e. The van der Waals surface area contributed by atoms with E-state index >= 15 is 0 Å². The number of rotatable bonds is 5. The number of carbonyl (C=O) groups excluding carboxylic acids is 2. The highest BCUT2D eigenvalue weighted by Crippen LogP contribution is 2.45. The Bertz CT molecular complexity index is 791. The van der Waals surface area contributed by atoms with Gasteiger partial charge in [0.05, 0.1) is 34.0 Å². The minimum Gasteiger partial charge on any atom is -0.493 e. The molecule has 2 aliphatic rings. The molecular formula is C21H31N3O6. The highest BCUT2D eigenvalue weighted by Gasteiger charge is 2.38. The van der Waals surface area contributed by atoms with E-state index in [2.05, 4.69) is 10.6 Å². The Hall–Kier alpha value is -2.68. The lowest BCUT2D eigenvalue weighted by Crippen LogP contribution is -2.43. The Morgan fingerprint density at radius 2 is 1.83 bits per heavy atom. The second-order valence-electron chi connectivity index (χ2n) is 7.80. The van der Waals surface area contributed by atoms with Crippen molar-refractivity contribution in [3.8, 4) is 17.2 Å². The quantitative estimate of drug-likeness (QED) is 0.705. The number of carbonyl (C=O) groups is 2. The summed E-state index contributed by atoms with van der Waals surface area (Å²) in [4.78, 5) is 27.5. The van der Waals surface area contributed by atoms with Gasteiger partial charge in [-0.2, -0.15) is 0 Å². The van der Waals surface area contributed by atoms with Crippen molar-refractivity contribution >= 4 is 17.7 Å². The van der Waals surface area contributed by atoms with E-state index in [0.29, 0.717) is 18.8 Å². The molecule has 3 rings (SSSR count). The number of anilines is 1. The summed E-state index contributed by atoms with van der Waals surface area (Å²) in [5, 5.41) is 6.31. The van der Waals surface area contributed by atoms with Crippen molar-refractivity contribution < 1.29 is 28.5 Å². The summed E-state index contributed by atoms with van der Waals surface area (Å²) in [6.07, 6.45) is 4.21. The number of benzene rings is 1. The van der Waals surface area contributed by atoms with Gasteiger partial charge in [0.25, 0.3) is 0 Å². The van der Waals surface area contributed by atoms with E-state index in [1.165, 1.54) is 34.5 Å². The molecule has 1 aromatic carbocycles. The lowest BCUT2D eigenvalue weighted by Gasteiger charge is -2.32. The predicted molar refractivity (Wildman–Crippen MR) is 112 cm³/mol. The van der Waals surface area contributed by atoms with Crippen LogP contribution in [-0.4, -0.2) is 71.5 Å². The molecule has 9 heteroatoms. The molecule has 1 spiro atoms. The van der Waals surface area contributed by atoms with E-state index < -0.39 is 5.97 Å². The minimum atomic E-state index is -0.614. The number of ether oxygens (including phenoxy) is 4. The first-order chi connectivity index (χ1) is 14.5. The molecule has 1 aromatic rings. The summed E-state index contributed by atoms with van der Waals surface area (Å²) in [5.41, 5.74) is 0.447. The number of methoxy groups -OCH3 is 4. The van der Waals surface area contributed by atoms with Gasteiger partial charge >= 0.3 is 12.0 Å². The van der Waals surface area contributed by atoms with Crippen LogP contribution in [0.25, 0.3) is 0 Å². The van der Waals surface area contributed by atoms with Gasteiger partial charge in [0.2, 0.25) is 5.75 Å². The fourth-order valence-electron chi connectivity index (χ4n) is 4.42. The number of urea groups is 1. The highest BCUT2D eigenvalue weighted by molar-refractivity contribution is 6.04. The van der Waals surface area contributed by atoms with Gasteiger partial charge in [-0.1, -0.05) is 6.42 Å². The van der Waals surface area contributed by atoms with Gasteiger partial charge in [-0.3, -0.25) is 0 Å². The van der Waals surface area contributed by atoms with E-state index in [9.17, 15) is 9.59 Å². The number of hydrogen-bond donors (Lipinski definition) is 2. The maximum absolute atomic E-state index is 13.3. The fraction of sp³-hybridized carbons (Fsp3) is 0.619. The van der Waals surface area contributed by atoms with Gasteiger partial charge in [0.1, 0.15) is 5.69 Å². The molecule has 0 aliphatic carbocycles. The topological polar surface area (TPSA) is 98.4 Å². The van der Waals surface area contributed by atoms with Crippen LogP contribution in [-0.2, 0) is 4.74 Å². The van der Waals surface area contributed by atoms with E-state index in [1.807, 2.05) is 4.90 Å². The Kier molecular flexibility index (Phi) is 6.91. The van der Waals surface area contributed by atoms with Crippen molar-refractivity contribution in [3.05, 3.63) is 11.6 Å². The molecule has 2 saturated heterocycles. The summed E-state index contributed by atoms with van der Waals surface area (Å²) in [7, 11) is 5.65. The molecule has 0 bridgehead atoms. The highest BCUT2D eigenvalue weighted by atomic mass is 16.5. The zero-order chi connectivity index (χ0) is 21.7. The molecule has 9 nitrogen and oxygen atoms in total. The normalized spacial score (nSPS) is 21.1. The van der Waals surface area contributed by atoms with Gasteiger partial charge in [0, 0.05) is 31.1 Å². The molecule has 1 atom stereocenters. The maximum Gasteiger partial charge on any atom is 0.340 e. The minimum absolute atomic E-state index is 0.112. The summed E-state index contributed by atoms with van der Waals surface area (Å²) < 4.78 is 21.1. The molecular weight excluding hydrogens is 390 g/mol. The van der Waals surface area contributed by atoms with Crippen LogP contribution < -0.4 is 24.8 Å². The number of hydrogen-bond acceptors (Lipinski definition) is 7. The zero-order valence-corrected chi connectivity index (χ0v) is 18.1. The molecule has 2 amide bonds. The number of amides is 2. The van der Waals surface area contributed by atoms with Gasteiger partial charge in [0.15, 0.2) is 11.5 Å². The second kappa shape index (κ2) is 9.42. The molecule has 0 aromatic heterocycles. The van der Waals surface area contributed by atoms with Crippen molar-refractivity contribution in [1.82, 2.24) is 10.2 Å². The summed E-state index contributed by atoms with van der Waals surface area (Å²) >= 11 is 0.